The number of allylic oxidation sites excluding steroid dienone is 2. The molecule has 3 heteroatoms. The third-order valence-electron chi connectivity index (χ3n) is 1.74. The van der Waals surface area contributed by atoms with Crippen LogP contribution in [-0.4, -0.2) is 11.2 Å². The first-order valence-electron chi connectivity index (χ1n) is 4.77. The minimum absolute atomic E-state index is 0.481. The lowest BCUT2D eigenvalue weighted by atomic mass is 10.3. The van der Waals surface area contributed by atoms with E-state index in [1.54, 1.807) is 31.5 Å². The maximum absolute atomic E-state index is 5.56. The van der Waals surface area contributed by atoms with Crippen molar-refractivity contribution in [3.8, 4) is 11.8 Å². The third-order valence-corrected chi connectivity index (χ3v) is 1.74. The van der Waals surface area contributed by atoms with Gasteiger partial charge in [-0.05, 0) is 36.6 Å². The molecule has 0 saturated carbocycles. The Morgan fingerprint density at radius 2 is 2.38 bits per heavy atom. The first-order valence-corrected chi connectivity index (χ1v) is 4.77. The van der Waals surface area contributed by atoms with Crippen LogP contribution >= 0.6 is 0 Å². The summed E-state index contributed by atoms with van der Waals surface area (Å²) in [5.41, 5.74) is 7.00. The Bertz CT molecular complexity index is 470. The minimum Gasteiger partial charge on any atom is -0.392 e. The number of nitrogens with zero attached hydrogens (tertiary/aromatic N) is 2. The Hall–Kier alpha value is -2.34. The molecule has 3 nitrogen and oxygen atoms in total. The number of pyridine rings is 1. The molecule has 0 amide bonds. The lowest BCUT2D eigenvalue weighted by molar-refractivity contribution is 1.27. The molecule has 0 saturated heterocycles. The van der Waals surface area contributed by atoms with E-state index in [0.717, 1.165) is 5.56 Å². The van der Waals surface area contributed by atoms with E-state index in [1.165, 1.54) is 0 Å². The number of aromatic nitrogens is 1. The van der Waals surface area contributed by atoms with E-state index in [-0.39, 0.29) is 0 Å². The van der Waals surface area contributed by atoms with Crippen molar-refractivity contribution in [2.45, 2.75) is 6.92 Å². The van der Waals surface area contributed by atoms with Gasteiger partial charge in [-0.15, -0.1) is 0 Å². The van der Waals surface area contributed by atoms with Gasteiger partial charge in [0, 0.05) is 12.4 Å². The summed E-state index contributed by atoms with van der Waals surface area (Å²) in [7, 11) is 0. The van der Waals surface area contributed by atoms with E-state index >= 15 is 0 Å². The van der Waals surface area contributed by atoms with Crippen LogP contribution in [0.3, 0.4) is 0 Å². The number of rotatable bonds is 3. The largest absolute Gasteiger partial charge is 0.392 e. The van der Waals surface area contributed by atoms with E-state index < -0.39 is 0 Å². The van der Waals surface area contributed by atoms with Crippen molar-refractivity contribution >= 4 is 18.1 Å². The highest BCUT2D eigenvalue weighted by molar-refractivity contribution is 5.75. The van der Waals surface area contributed by atoms with Crippen LogP contribution in [0.4, 0.5) is 5.82 Å². The second-order valence-corrected chi connectivity index (χ2v) is 2.93. The van der Waals surface area contributed by atoms with E-state index in [2.05, 4.69) is 28.4 Å². The summed E-state index contributed by atoms with van der Waals surface area (Å²) < 4.78 is 0. The zero-order valence-electron chi connectivity index (χ0n) is 9.14. The summed E-state index contributed by atoms with van der Waals surface area (Å²) in [6.07, 6.45) is 6.66. The summed E-state index contributed by atoms with van der Waals surface area (Å²) in [4.78, 5) is 8.23. The number of hydrogen-bond donors (Lipinski definition) is 1. The molecule has 0 aliphatic heterocycles. The zero-order valence-corrected chi connectivity index (χ0v) is 9.14. The average Bonchev–Trinajstić information content (AvgIpc) is 2.30. The SMILES string of the molecule is C=Cc1ccc(N=CC=C(N)C#CC)nc1. The summed E-state index contributed by atoms with van der Waals surface area (Å²) >= 11 is 0. The van der Waals surface area contributed by atoms with E-state index in [1.807, 2.05) is 12.1 Å². The monoisotopic (exact) mass is 211 g/mol. The van der Waals surface area contributed by atoms with Crippen LogP contribution in [0.1, 0.15) is 12.5 Å². The van der Waals surface area contributed by atoms with Crippen molar-refractivity contribution < 1.29 is 0 Å². The molecule has 0 radical (unpaired) electrons. The van der Waals surface area contributed by atoms with Crippen LogP contribution in [0.2, 0.25) is 0 Å². The molecule has 0 aliphatic carbocycles. The van der Waals surface area contributed by atoms with Crippen molar-refractivity contribution in [3.05, 3.63) is 42.2 Å². The van der Waals surface area contributed by atoms with Gasteiger partial charge in [-0.25, -0.2) is 9.98 Å². The van der Waals surface area contributed by atoms with Gasteiger partial charge in [0.05, 0.1) is 5.70 Å². The fourth-order valence-electron chi connectivity index (χ4n) is 0.975. The molecule has 1 rings (SSSR count). The summed E-state index contributed by atoms with van der Waals surface area (Å²) in [5.74, 6) is 6.04. The van der Waals surface area contributed by atoms with E-state index in [4.69, 9.17) is 5.73 Å². The molecule has 0 fully saturated rings. The molecule has 2 N–H and O–H groups in total. The summed E-state index contributed by atoms with van der Waals surface area (Å²) in [6, 6.07) is 3.70. The van der Waals surface area contributed by atoms with Gasteiger partial charge in [-0.1, -0.05) is 18.6 Å². The van der Waals surface area contributed by atoms with Crippen molar-refractivity contribution in [1.29, 1.82) is 0 Å². The molecule has 1 aromatic rings. The number of hydrogen-bond acceptors (Lipinski definition) is 3. The quantitative estimate of drug-likeness (QED) is 0.616. The average molecular weight is 211 g/mol. The first kappa shape index (κ1) is 11.7. The highest BCUT2D eigenvalue weighted by Gasteiger charge is 1.88. The van der Waals surface area contributed by atoms with Gasteiger partial charge < -0.3 is 5.73 Å². The lowest BCUT2D eigenvalue weighted by Gasteiger charge is -1.93. The topological polar surface area (TPSA) is 51.3 Å². The Balaban J connectivity index is 2.72. The molecule has 1 aromatic heterocycles. The molecule has 80 valence electrons. The van der Waals surface area contributed by atoms with Crippen molar-refractivity contribution in [1.82, 2.24) is 4.98 Å². The van der Waals surface area contributed by atoms with Crippen molar-refractivity contribution in [2.24, 2.45) is 10.7 Å². The molecule has 0 unspecified atom stereocenters. The molecule has 16 heavy (non-hydrogen) atoms. The molecule has 1 heterocycles. The fourth-order valence-corrected chi connectivity index (χ4v) is 0.975. The Labute approximate surface area is 95.4 Å². The standard InChI is InChI=1S/C13H13N3/c1-3-5-12(14)8-9-15-13-7-6-11(4-2)10-16-13/h4,6-10H,2,14H2,1H3. The summed E-state index contributed by atoms with van der Waals surface area (Å²) in [5, 5.41) is 0. The van der Waals surface area contributed by atoms with Crippen molar-refractivity contribution in [2.75, 3.05) is 0 Å². The normalized spacial score (nSPS) is 10.9. The molecule has 0 atom stereocenters. The maximum Gasteiger partial charge on any atom is 0.151 e. The third kappa shape index (κ3) is 3.81. The molecule has 0 aliphatic rings. The molecule has 0 spiro atoms. The second kappa shape index (κ2) is 6.20. The maximum atomic E-state index is 5.56. The van der Waals surface area contributed by atoms with E-state index in [9.17, 15) is 0 Å². The minimum atomic E-state index is 0.481. The lowest BCUT2D eigenvalue weighted by Crippen LogP contribution is -1.92. The highest BCUT2D eigenvalue weighted by Crippen LogP contribution is 2.08. The summed E-state index contributed by atoms with van der Waals surface area (Å²) in [6.45, 7) is 5.38. The molecular weight excluding hydrogens is 198 g/mol. The van der Waals surface area contributed by atoms with Crippen LogP contribution in [0.15, 0.2) is 41.7 Å². The Morgan fingerprint density at radius 3 is 2.94 bits per heavy atom. The molecule has 0 aromatic carbocycles. The van der Waals surface area contributed by atoms with Gasteiger partial charge in [0.1, 0.15) is 0 Å². The van der Waals surface area contributed by atoms with Crippen LogP contribution in [-0.2, 0) is 0 Å². The second-order valence-electron chi connectivity index (χ2n) is 2.93. The Kier molecular flexibility index (Phi) is 4.55. The Morgan fingerprint density at radius 1 is 1.56 bits per heavy atom. The smallest absolute Gasteiger partial charge is 0.151 e. The van der Waals surface area contributed by atoms with Crippen LogP contribution in [0, 0.1) is 11.8 Å². The predicted octanol–water partition coefficient (Wildman–Crippen LogP) is 2.29. The number of aliphatic imine (C=N–C) groups is 1. The van der Waals surface area contributed by atoms with Crippen LogP contribution in [0.25, 0.3) is 6.08 Å². The van der Waals surface area contributed by atoms with Crippen molar-refractivity contribution in [3.63, 3.8) is 0 Å². The van der Waals surface area contributed by atoms with Gasteiger partial charge in [0.15, 0.2) is 5.82 Å². The fraction of sp³-hybridized carbons (Fsp3) is 0.0769. The molecule has 0 bridgehead atoms. The highest BCUT2D eigenvalue weighted by atomic mass is 14.9. The van der Waals surface area contributed by atoms with Gasteiger partial charge >= 0.3 is 0 Å². The predicted molar refractivity (Wildman–Crippen MR) is 68.2 cm³/mol. The van der Waals surface area contributed by atoms with Crippen LogP contribution in [0.5, 0.6) is 0 Å². The first-order chi connectivity index (χ1) is 7.76. The number of nitrogens with two attached hydrogens (primary N) is 1. The van der Waals surface area contributed by atoms with Gasteiger partial charge in [-0.2, -0.15) is 0 Å². The molecular formula is C13H13N3. The van der Waals surface area contributed by atoms with Crippen LogP contribution < -0.4 is 5.73 Å². The zero-order chi connectivity index (χ0) is 11.8. The van der Waals surface area contributed by atoms with E-state index in [0.29, 0.717) is 11.5 Å². The van der Waals surface area contributed by atoms with Gasteiger partial charge in [-0.3, -0.25) is 0 Å². The van der Waals surface area contributed by atoms with Gasteiger partial charge in [0.25, 0.3) is 0 Å². The van der Waals surface area contributed by atoms with Gasteiger partial charge in [0.2, 0.25) is 0 Å².